The summed E-state index contributed by atoms with van der Waals surface area (Å²) in [5.41, 5.74) is -0.175. The van der Waals surface area contributed by atoms with Crippen LogP contribution >= 0.6 is 0 Å². The van der Waals surface area contributed by atoms with E-state index in [1.54, 1.807) is 0 Å². The molecule has 1 aliphatic heterocycles. The van der Waals surface area contributed by atoms with Crippen LogP contribution in [0.2, 0.25) is 0 Å². The predicted molar refractivity (Wildman–Crippen MR) is 119 cm³/mol. The first-order chi connectivity index (χ1) is 15.4. The predicted octanol–water partition coefficient (Wildman–Crippen LogP) is 3.79. The molecule has 2 N–H and O–H groups in total. The Bertz CT molecular complexity index is 849. The molecule has 5 nitrogen and oxygen atoms in total. The molecule has 2 aliphatic rings. The lowest BCUT2D eigenvalue weighted by Gasteiger charge is -2.26. The van der Waals surface area contributed by atoms with E-state index in [1.165, 1.54) is 18.6 Å². The van der Waals surface area contributed by atoms with Gasteiger partial charge < -0.3 is 15.5 Å². The molecule has 0 radical (unpaired) electrons. The lowest BCUT2D eigenvalue weighted by atomic mass is 9.88. The molecule has 1 unspecified atom stereocenters. The van der Waals surface area contributed by atoms with Gasteiger partial charge in [-0.25, -0.2) is 4.99 Å². The van der Waals surface area contributed by atoms with Crippen molar-refractivity contribution in [3.8, 4) is 11.8 Å². The fraction of sp³-hybridized carbons (Fsp3) is 0.583. The van der Waals surface area contributed by atoms with Gasteiger partial charge in [0.1, 0.15) is 6.54 Å². The van der Waals surface area contributed by atoms with Gasteiger partial charge in [-0.15, -0.1) is 0 Å². The number of likely N-dealkylation sites (tertiary alicyclic amines) is 1. The van der Waals surface area contributed by atoms with Gasteiger partial charge in [-0.2, -0.15) is 13.2 Å². The molecular weight excluding hydrogens is 417 g/mol. The highest BCUT2D eigenvalue weighted by Crippen LogP contribution is 2.29. The van der Waals surface area contributed by atoms with E-state index in [0.29, 0.717) is 30.5 Å². The van der Waals surface area contributed by atoms with Crippen molar-refractivity contribution in [1.82, 2.24) is 15.5 Å². The molecule has 1 saturated carbocycles. The van der Waals surface area contributed by atoms with Crippen LogP contribution in [0.3, 0.4) is 0 Å². The number of rotatable bonds is 4. The average Bonchev–Trinajstić information content (AvgIpc) is 3.25. The van der Waals surface area contributed by atoms with Crippen LogP contribution in [0.5, 0.6) is 0 Å². The summed E-state index contributed by atoms with van der Waals surface area (Å²) >= 11 is 0. The SMILES string of the molecule is CCNC(=NCC#Cc1ccc(C(F)(F)F)cc1)NC1CCN(C(=O)C2CCCCC2)C1. The Morgan fingerprint density at radius 1 is 1.16 bits per heavy atom. The Balaban J connectivity index is 1.51. The molecule has 1 amide bonds. The quantitative estimate of drug-likeness (QED) is 0.419. The molecule has 8 heteroatoms. The minimum Gasteiger partial charge on any atom is -0.357 e. The van der Waals surface area contributed by atoms with E-state index >= 15 is 0 Å². The number of carbonyl (C=O) groups excluding carboxylic acids is 1. The molecule has 1 aromatic rings. The van der Waals surface area contributed by atoms with Crippen molar-refractivity contribution >= 4 is 11.9 Å². The van der Waals surface area contributed by atoms with Gasteiger partial charge in [0.05, 0.1) is 5.56 Å². The molecule has 1 atom stereocenters. The van der Waals surface area contributed by atoms with Gasteiger partial charge in [0.15, 0.2) is 5.96 Å². The first-order valence-corrected chi connectivity index (χ1v) is 11.4. The van der Waals surface area contributed by atoms with Gasteiger partial charge in [-0.1, -0.05) is 31.1 Å². The number of hydrogen-bond donors (Lipinski definition) is 2. The fourth-order valence-electron chi connectivity index (χ4n) is 4.20. The highest BCUT2D eigenvalue weighted by molar-refractivity contribution is 5.81. The standard InChI is InChI=1S/C24H31F3N4O/c1-2-28-23(29-15-6-7-18-10-12-20(13-11-18)24(25,26)27)30-21-14-16-31(17-21)22(32)19-8-4-3-5-9-19/h10-13,19,21H,2-5,8-9,14-17H2,1H3,(H2,28,29,30). The molecule has 174 valence electrons. The zero-order chi connectivity index (χ0) is 23.0. The Hall–Kier alpha value is -2.69. The van der Waals surface area contributed by atoms with Crippen molar-refractivity contribution in [2.24, 2.45) is 10.9 Å². The third kappa shape index (κ3) is 6.91. The monoisotopic (exact) mass is 448 g/mol. The summed E-state index contributed by atoms with van der Waals surface area (Å²) in [5.74, 6) is 6.83. The summed E-state index contributed by atoms with van der Waals surface area (Å²) < 4.78 is 37.9. The van der Waals surface area contributed by atoms with Gasteiger partial charge >= 0.3 is 6.18 Å². The highest BCUT2D eigenvalue weighted by atomic mass is 19.4. The van der Waals surface area contributed by atoms with Crippen LogP contribution < -0.4 is 10.6 Å². The Morgan fingerprint density at radius 2 is 1.88 bits per heavy atom. The van der Waals surface area contributed by atoms with E-state index in [-0.39, 0.29) is 18.5 Å². The van der Waals surface area contributed by atoms with E-state index in [9.17, 15) is 18.0 Å². The zero-order valence-corrected chi connectivity index (χ0v) is 18.5. The normalized spacial score (nSPS) is 19.9. The maximum absolute atomic E-state index is 12.8. The second-order valence-electron chi connectivity index (χ2n) is 8.32. The molecule has 0 bridgehead atoms. The molecule has 1 saturated heterocycles. The van der Waals surface area contributed by atoms with Gasteiger partial charge in [0.2, 0.25) is 5.91 Å². The summed E-state index contributed by atoms with van der Waals surface area (Å²) in [7, 11) is 0. The van der Waals surface area contributed by atoms with Crippen molar-refractivity contribution in [1.29, 1.82) is 0 Å². The molecule has 3 rings (SSSR count). The van der Waals surface area contributed by atoms with E-state index < -0.39 is 11.7 Å². The molecule has 0 aromatic heterocycles. The van der Waals surface area contributed by atoms with Crippen molar-refractivity contribution in [2.75, 3.05) is 26.2 Å². The summed E-state index contributed by atoms with van der Waals surface area (Å²) in [5, 5.41) is 6.56. The number of nitrogens with one attached hydrogen (secondary N) is 2. The maximum Gasteiger partial charge on any atom is 0.416 e. The summed E-state index contributed by atoms with van der Waals surface area (Å²) in [6, 6.07) is 4.92. The Morgan fingerprint density at radius 3 is 2.53 bits per heavy atom. The fourth-order valence-corrected chi connectivity index (χ4v) is 4.20. The number of guanidine groups is 1. The summed E-state index contributed by atoms with van der Waals surface area (Å²) in [6.07, 6.45) is 2.08. The van der Waals surface area contributed by atoms with Crippen LogP contribution in [0.25, 0.3) is 0 Å². The van der Waals surface area contributed by atoms with Crippen LogP contribution in [0, 0.1) is 17.8 Å². The lowest BCUT2D eigenvalue weighted by molar-refractivity contribution is -0.137. The molecule has 0 spiro atoms. The van der Waals surface area contributed by atoms with E-state index in [4.69, 9.17) is 0 Å². The topological polar surface area (TPSA) is 56.7 Å². The lowest BCUT2D eigenvalue weighted by Crippen LogP contribution is -2.45. The van der Waals surface area contributed by atoms with Crippen molar-refractivity contribution in [3.63, 3.8) is 0 Å². The minimum absolute atomic E-state index is 0.142. The molecule has 1 aromatic carbocycles. The van der Waals surface area contributed by atoms with Crippen LogP contribution in [-0.2, 0) is 11.0 Å². The third-order valence-electron chi connectivity index (χ3n) is 5.90. The number of hydrogen-bond acceptors (Lipinski definition) is 2. The van der Waals surface area contributed by atoms with E-state index in [2.05, 4.69) is 27.5 Å². The number of aliphatic imine (C=N–C) groups is 1. The van der Waals surface area contributed by atoms with Crippen LogP contribution in [0.1, 0.15) is 56.6 Å². The second kappa shape index (κ2) is 11.3. The van der Waals surface area contributed by atoms with Gasteiger partial charge in [0, 0.05) is 37.2 Å². The minimum atomic E-state index is -4.35. The van der Waals surface area contributed by atoms with Crippen LogP contribution in [-0.4, -0.2) is 49.0 Å². The van der Waals surface area contributed by atoms with Gasteiger partial charge in [-0.3, -0.25) is 4.79 Å². The molecule has 1 aliphatic carbocycles. The van der Waals surface area contributed by atoms with Crippen LogP contribution in [0.4, 0.5) is 13.2 Å². The first-order valence-electron chi connectivity index (χ1n) is 11.4. The smallest absolute Gasteiger partial charge is 0.357 e. The van der Waals surface area contributed by atoms with Crippen LogP contribution in [0.15, 0.2) is 29.3 Å². The number of carbonyl (C=O) groups is 1. The number of benzene rings is 1. The summed E-state index contributed by atoms with van der Waals surface area (Å²) in [6.45, 7) is 4.32. The Kier molecular flexibility index (Phi) is 8.43. The third-order valence-corrected chi connectivity index (χ3v) is 5.90. The zero-order valence-electron chi connectivity index (χ0n) is 18.5. The average molecular weight is 449 g/mol. The van der Waals surface area contributed by atoms with Crippen molar-refractivity contribution in [3.05, 3.63) is 35.4 Å². The second-order valence-corrected chi connectivity index (χ2v) is 8.32. The summed E-state index contributed by atoms with van der Waals surface area (Å²) in [4.78, 5) is 19.2. The van der Waals surface area contributed by atoms with E-state index in [1.807, 2.05) is 11.8 Å². The highest BCUT2D eigenvalue weighted by Gasteiger charge is 2.32. The van der Waals surface area contributed by atoms with Crippen molar-refractivity contribution in [2.45, 2.75) is 57.7 Å². The molecular formula is C24H31F3N4O. The number of alkyl halides is 3. The van der Waals surface area contributed by atoms with Crippen molar-refractivity contribution < 1.29 is 18.0 Å². The molecule has 32 heavy (non-hydrogen) atoms. The van der Waals surface area contributed by atoms with E-state index in [0.717, 1.165) is 50.8 Å². The molecule has 2 fully saturated rings. The van der Waals surface area contributed by atoms with Gasteiger partial charge in [0.25, 0.3) is 0 Å². The van der Waals surface area contributed by atoms with Gasteiger partial charge in [-0.05, 0) is 50.5 Å². The number of nitrogens with zero attached hydrogens (tertiary/aromatic N) is 2. The number of amides is 1. The Labute approximate surface area is 187 Å². The maximum atomic E-state index is 12.8. The first kappa shape index (κ1) is 24.0. The number of halogens is 3. The molecule has 1 heterocycles. The largest absolute Gasteiger partial charge is 0.416 e.